The summed E-state index contributed by atoms with van der Waals surface area (Å²) in [6.07, 6.45) is 0. The fourth-order valence-corrected chi connectivity index (χ4v) is 2.28. The van der Waals surface area contributed by atoms with Gasteiger partial charge in [0.2, 0.25) is 5.91 Å². The molecule has 1 aromatic carbocycles. The van der Waals surface area contributed by atoms with Crippen molar-refractivity contribution in [3.8, 4) is 0 Å². The molecule has 0 fully saturated rings. The molecule has 0 saturated carbocycles. The lowest BCUT2D eigenvalue weighted by Gasteiger charge is -2.19. The van der Waals surface area contributed by atoms with E-state index in [1.807, 2.05) is 13.0 Å². The van der Waals surface area contributed by atoms with E-state index in [-0.39, 0.29) is 12.1 Å². The number of hydrogen-bond donors (Lipinski definition) is 3. The first-order valence-corrected chi connectivity index (χ1v) is 7.81. The highest BCUT2D eigenvalue weighted by atomic mass is 16.2. The zero-order valence-electron chi connectivity index (χ0n) is 13.8. The summed E-state index contributed by atoms with van der Waals surface area (Å²) < 4.78 is 0. The van der Waals surface area contributed by atoms with Crippen LogP contribution in [-0.4, -0.2) is 46.4 Å². The molecule has 8 nitrogen and oxygen atoms in total. The van der Waals surface area contributed by atoms with Gasteiger partial charge in [-0.1, -0.05) is 19.1 Å². The summed E-state index contributed by atoms with van der Waals surface area (Å²) in [6.45, 7) is 5.00. The Bertz CT molecular complexity index is 787. The first-order valence-electron chi connectivity index (χ1n) is 7.81. The van der Waals surface area contributed by atoms with Crippen LogP contribution in [0.2, 0.25) is 0 Å². The first kappa shape index (κ1) is 17.6. The third kappa shape index (κ3) is 4.63. The predicted octanol–water partition coefficient (Wildman–Crippen LogP) is 0.591. The second kappa shape index (κ2) is 8.21. The fraction of sp³-hybridized carbons (Fsp3) is 0.375. The first-order chi connectivity index (χ1) is 11.5. The van der Waals surface area contributed by atoms with Gasteiger partial charge in [0, 0.05) is 6.54 Å². The lowest BCUT2D eigenvalue weighted by atomic mass is 10.2. The molecular weight excluding hydrogens is 310 g/mol. The Balaban J connectivity index is 2.06. The number of urea groups is 1. The van der Waals surface area contributed by atoms with Crippen LogP contribution in [0.1, 0.15) is 19.7 Å². The topological polar surface area (TPSA) is 107 Å². The fourth-order valence-electron chi connectivity index (χ4n) is 2.28. The number of aromatic amines is 1. The molecule has 8 heteroatoms. The van der Waals surface area contributed by atoms with E-state index in [4.69, 9.17) is 0 Å². The lowest BCUT2D eigenvalue weighted by molar-refractivity contribution is -0.121. The highest BCUT2D eigenvalue weighted by molar-refractivity contribution is 5.95. The third-order valence-corrected chi connectivity index (χ3v) is 3.44. The Kier molecular flexibility index (Phi) is 6.02. The van der Waals surface area contributed by atoms with Crippen molar-refractivity contribution in [2.24, 2.45) is 0 Å². The molecule has 2 rings (SSSR count). The monoisotopic (exact) mass is 331 g/mol. The minimum atomic E-state index is -0.518. The van der Waals surface area contributed by atoms with Crippen LogP contribution in [0, 0.1) is 0 Å². The molecule has 0 spiro atoms. The maximum atomic E-state index is 12.1. The van der Waals surface area contributed by atoms with Crippen LogP contribution in [0.5, 0.6) is 0 Å². The minimum Gasteiger partial charge on any atom is -0.338 e. The van der Waals surface area contributed by atoms with Crippen LogP contribution >= 0.6 is 0 Å². The van der Waals surface area contributed by atoms with Crippen LogP contribution in [-0.2, 0) is 11.3 Å². The van der Waals surface area contributed by atoms with Crippen LogP contribution < -0.4 is 16.2 Å². The van der Waals surface area contributed by atoms with Gasteiger partial charge in [0.1, 0.15) is 5.82 Å². The molecule has 0 bridgehead atoms. The Hall–Kier alpha value is -2.74. The molecule has 24 heavy (non-hydrogen) atoms. The molecule has 0 atom stereocenters. The molecule has 0 aliphatic heterocycles. The normalized spacial score (nSPS) is 10.8. The number of nitrogens with one attached hydrogen (secondary N) is 3. The number of hydrogen-bond acceptors (Lipinski definition) is 5. The Morgan fingerprint density at radius 3 is 2.71 bits per heavy atom. The van der Waals surface area contributed by atoms with Crippen molar-refractivity contribution in [1.29, 1.82) is 0 Å². The van der Waals surface area contributed by atoms with E-state index in [9.17, 15) is 14.4 Å². The number of imide groups is 1. The molecule has 1 heterocycles. The second-order valence-corrected chi connectivity index (χ2v) is 5.24. The minimum absolute atomic E-state index is 0.0319. The van der Waals surface area contributed by atoms with Gasteiger partial charge in [0.25, 0.3) is 5.56 Å². The highest BCUT2D eigenvalue weighted by Gasteiger charge is 2.13. The quantitative estimate of drug-likeness (QED) is 0.718. The standard InChI is InChI=1S/C16H21N5O3/c1-3-17-16(24)20-14(22)10-21(4-2)9-13-18-12-8-6-5-7-11(12)15(23)19-13/h5-8H,3-4,9-10H2,1-2H3,(H,18,19,23)(H2,17,20,22,24). The van der Waals surface area contributed by atoms with Crippen LogP contribution in [0.4, 0.5) is 4.79 Å². The molecule has 0 unspecified atom stereocenters. The maximum absolute atomic E-state index is 12.1. The summed E-state index contributed by atoms with van der Waals surface area (Å²) in [7, 11) is 0. The van der Waals surface area contributed by atoms with Gasteiger partial charge in [-0.25, -0.2) is 9.78 Å². The average Bonchev–Trinajstić information content (AvgIpc) is 2.54. The van der Waals surface area contributed by atoms with E-state index < -0.39 is 11.9 Å². The Labute approximate surface area is 139 Å². The van der Waals surface area contributed by atoms with Gasteiger partial charge in [0.15, 0.2) is 0 Å². The van der Waals surface area contributed by atoms with Crippen molar-refractivity contribution in [2.75, 3.05) is 19.6 Å². The molecule has 0 radical (unpaired) electrons. The van der Waals surface area contributed by atoms with E-state index in [1.54, 1.807) is 30.0 Å². The van der Waals surface area contributed by atoms with Crippen molar-refractivity contribution in [3.05, 3.63) is 40.4 Å². The largest absolute Gasteiger partial charge is 0.338 e. The molecule has 3 N–H and O–H groups in total. The summed E-state index contributed by atoms with van der Waals surface area (Å²) in [6, 6.07) is 6.56. The molecule has 0 saturated heterocycles. The number of nitrogens with zero attached hydrogens (tertiary/aromatic N) is 2. The second-order valence-electron chi connectivity index (χ2n) is 5.24. The van der Waals surface area contributed by atoms with Gasteiger partial charge >= 0.3 is 6.03 Å². The summed E-state index contributed by atoms with van der Waals surface area (Å²) in [5.41, 5.74) is 0.400. The van der Waals surface area contributed by atoms with E-state index >= 15 is 0 Å². The van der Waals surface area contributed by atoms with E-state index in [2.05, 4.69) is 20.6 Å². The van der Waals surface area contributed by atoms with E-state index in [0.29, 0.717) is 36.4 Å². The number of benzene rings is 1. The SMILES string of the molecule is CCNC(=O)NC(=O)CN(CC)Cc1nc2ccccc2c(=O)[nH]1. The smallest absolute Gasteiger partial charge is 0.321 e. The average molecular weight is 331 g/mol. The van der Waals surface area contributed by atoms with E-state index in [0.717, 1.165) is 0 Å². The van der Waals surface area contributed by atoms with Gasteiger partial charge in [-0.05, 0) is 25.6 Å². The van der Waals surface area contributed by atoms with Gasteiger partial charge in [-0.2, -0.15) is 0 Å². The van der Waals surface area contributed by atoms with Crippen molar-refractivity contribution in [1.82, 2.24) is 25.5 Å². The summed E-state index contributed by atoms with van der Waals surface area (Å²) in [5.74, 6) is 0.0669. The number of H-pyrrole nitrogens is 1. The molecule has 3 amide bonds. The molecule has 0 aliphatic carbocycles. The zero-order chi connectivity index (χ0) is 17.5. The number of carbonyl (C=O) groups is 2. The van der Waals surface area contributed by atoms with Gasteiger partial charge in [-0.15, -0.1) is 0 Å². The molecule has 128 valence electrons. The Morgan fingerprint density at radius 1 is 1.25 bits per heavy atom. The molecular formula is C16H21N5O3. The summed E-state index contributed by atoms with van der Waals surface area (Å²) >= 11 is 0. The number of para-hydroxylation sites is 1. The van der Waals surface area contributed by atoms with Gasteiger partial charge in [-0.3, -0.25) is 19.8 Å². The van der Waals surface area contributed by atoms with Crippen molar-refractivity contribution < 1.29 is 9.59 Å². The van der Waals surface area contributed by atoms with Gasteiger partial charge < -0.3 is 10.3 Å². The number of fused-ring (bicyclic) bond motifs is 1. The number of amides is 3. The number of likely N-dealkylation sites (N-methyl/N-ethyl adjacent to an activating group) is 1. The summed E-state index contributed by atoms with van der Waals surface area (Å²) in [4.78, 5) is 44.2. The molecule has 1 aromatic heterocycles. The van der Waals surface area contributed by atoms with Crippen LogP contribution in [0.15, 0.2) is 29.1 Å². The lowest BCUT2D eigenvalue weighted by Crippen LogP contribution is -2.44. The highest BCUT2D eigenvalue weighted by Crippen LogP contribution is 2.07. The maximum Gasteiger partial charge on any atom is 0.321 e. The van der Waals surface area contributed by atoms with Crippen molar-refractivity contribution >= 4 is 22.8 Å². The number of carbonyl (C=O) groups excluding carboxylic acids is 2. The van der Waals surface area contributed by atoms with E-state index in [1.165, 1.54) is 0 Å². The van der Waals surface area contributed by atoms with Crippen molar-refractivity contribution in [3.63, 3.8) is 0 Å². The molecule has 0 aliphatic rings. The summed E-state index contributed by atoms with van der Waals surface area (Å²) in [5, 5.41) is 5.27. The molecule has 2 aromatic rings. The predicted molar refractivity (Wildman–Crippen MR) is 90.5 cm³/mol. The van der Waals surface area contributed by atoms with Crippen LogP contribution in [0.3, 0.4) is 0 Å². The van der Waals surface area contributed by atoms with Crippen LogP contribution in [0.25, 0.3) is 10.9 Å². The third-order valence-electron chi connectivity index (χ3n) is 3.44. The number of rotatable bonds is 6. The zero-order valence-corrected chi connectivity index (χ0v) is 13.8. The Morgan fingerprint density at radius 2 is 2.00 bits per heavy atom. The number of aromatic nitrogens is 2. The van der Waals surface area contributed by atoms with Gasteiger partial charge in [0.05, 0.1) is 24.0 Å². The van der Waals surface area contributed by atoms with Crippen molar-refractivity contribution in [2.45, 2.75) is 20.4 Å².